The zero-order valence-electron chi connectivity index (χ0n) is 16.3. The van der Waals surface area contributed by atoms with Gasteiger partial charge in [0.25, 0.3) is 0 Å². The second kappa shape index (κ2) is 8.78. The van der Waals surface area contributed by atoms with Gasteiger partial charge in [-0.1, -0.05) is 55.5 Å². The minimum atomic E-state index is -0.0311. The molecule has 2 N–H and O–H groups in total. The molecule has 0 saturated carbocycles. The molecule has 1 amide bonds. The SMILES string of the molecule is CCc1nc2ccccc2c(NC(=O)CN[C@@H](C)Cc2ccccc2)c1C. The van der Waals surface area contributed by atoms with Gasteiger partial charge in [-0.25, -0.2) is 0 Å². The lowest BCUT2D eigenvalue weighted by atomic mass is 10.1. The zero-order chi connectivity index (χ0) is 19.2. The van der Waals surface area contributed by atoms with Crippen molar-refractivity contribution in [1.82, 2.24) is 10.3 Å². The van der Waals surface area contributed by atoms with E-state index in [0.29, 0.717) is 0 Å². The molecular formula is C23H27N3O. The van der Waals surface area contributed by atoms with E-state index in [9.17, 15) is 4.79 Å². The third-order valence-electron chi connectivity index (χ3n) is 4.83. The summed E-state index contributed by atoms with van der Waals surface area (Å²) in [6, 6.07) is 18.5. The predicted octanol–water partition coefficient (Wildman–Crippen LogP) is 4.26. The van der Waals surface area contributed by atoms with Crippen LogP contribution < -0.4 is 10.6 Å². The number of nitrogens with zero attached hydrogens (tertiary/aromatic N) is 1. The van der Waals surface area contributed by atoms with Gasteiger partial charge in [-0.05, 0) is 43.9 Å². The highest BCUT2D eigenvalue weighted by Gasteiger charge is 2.14. The van der Waals surface area contributed by atoms with Gasteiger partial charge in [0.05, 0.1) is 17.7 Å². The molecule has 0 aliphatic carbocycles. The summed E-state index contributed by atoms with van der Waals surface area (Å²) in [6.07, 6.45) is 1.73. The van der Waals surface area contributed by atoms with E-state index in [1.54, 1.807) is 0 Å². The number of rotatable bonds is 7. The van der Waals surface area contributed by atoms with Crippen LogP contribution in [-0.2, 0) is 17.6 Å². The lowest BCUT2D eigenvalue weighted by Crippen LogP contribution is -2.35. The molecule has 0 bridgehead atoms. The molecule has 3 rings (SSSR count). The number of anilines is 1. The van der Waals surface area contributed by atoms with Crippen LogP contribution in [0.2, 0.25) is 0 Å². The standard InChI is InChI=1S/C23H27N3O/c1-4-20-17(3)23(19-12-8-9-13-21(19)25-20)26-22(27)15-24-16(2)14-18-10-6-5-7-11-18/h5-13,16,24H,4,14-15H2,1-3H3,(H,25,26,27)/t16-/m0/s1. The number of amides is 1. The fraction of sp³-hybridized carbons (Fsp3) is 0.304. The van der Waals surface area contributed by atoms with Gasteiger partial charge < -0.3 is 10.6 Å². The maximum atomic E-state index is 12.6. The fourth-order valence-electron chi connectivity index (χ4n) is 3.35. The highest BCUT2D eigenvalue weighted by molar-refractivity contribution is 6.03. The van der Waals surface area contributed by atoms with Gasteiger partial charge >= 0.3 is 0 Å². The molecule has 0 aliphatic rings. The van der Waals surface area contributed by atoms with Crippen molar-refractivity contribution in [3.05, 3.63) is 71.4 Å². The molecule has 0 fully saturated rings. The lowest BCUT2D eigenvalue weighted by molar-refractivity contribution is -0.115. The average molecular weight is 361 g/mol. The Labute approximate surface area is 161 Å². The van der Waals surface area contributed by atoms with E-state index in [4.69, 9.17) is 4.98 Å². The number of pyridine rings is 1. The highest BCUT2D eigenvalue weighted by Crippen LogP contribution is 2.28. The van der Waals surface area contributed by atoms with Gasteiger partial charge in [0.1, 0.15) is 0 Å². The van der Waals surface area contributed by atoms with Crippen molar-refractivity contribution in [2.24, 2.45) is 0 Å². The summed E-state index contributed by atoms with van der Waals surface area (Å²) in [5, 5.41) is 7.41. The molecule has 1 heterocycles. The van der Waals surface area contributed by atoms with Gasteiger partial charge in [0.15, 0.2) is 0 Å². The van der Waals surface area contributed by atoms with E-state index in [2.05, 4.69) is 36.6 Å². The lowest BCUT2D eigenvalue weighted by Gasteiger charge is -2.17. The van der Waals surface area contributed by atoms with Crippen LogP contribution in [0, 0.1) is 6.92 Å². The summed E-state index contributed by atoms with van der Waals surface area (Å²) in [5.41, 5.74) is 5.12. The molecule has 1 atom stereocenters. The molecule has 0 aliphatic heterocycles. The van der Waals surface area contributed by atoms with Crippen LogP contribution in [0.25, 0.3) is 10.9 Å². The van der Waals surface area contributed by atoms with Crippen molar-refractivity contribution in [3.63, 3.8) is 0 Å². The van der Waals surface area contributed by atoms with Crippen LogP contribution in [0.15, 0.2) is 54.6 Å². The molecule has 0 radical (unpaired) electrons. The number of hydrogen-bond donors (Lipinski definition) is 2. The Morgan fingerprint density at radius 2 is 1.78 bits per heavy atom. The monoisotopic (exact) mass is 361 g/mol. The first-order chi connectivity index (χ1) is 13.1. The number of hydrogen-bond acceptors (Lipinski definition) is 3. The Balaban J connectivity index is 1.68. The van der Waals surface area contributed by atoms with Crippen molar-refractivity contribution in [3.8, 4) is 0 Å². The van der Waals surface area contributed by atoms with Gasteiger partial charge in [-0.2, -0.15) is 0 Å². The topological polar surface area (TPSA) is 54.0 Å². The summed E-state index contributed by atoms with van der Waals surface area (Å²) < 4.78 is 0. The molecule has 140 valence electrons. The van der Waals surface area contributed by atoms with E-state index in [0.717, 1.165) is 40.7 Å². The highest BCUT2D eigenvalue weighted by atomic mass is 16.1. The Morgan fingerprint density at radius 3 is 2.52 bits per heavy atom. The average Bonchev–Trinajstić information content (AvgIpc) is 2.69. The Hall–Kier alpha value is -2.72. The quantitative estimate of drug-likeness (QED) is 0.661. The van der Waals surface area contributed by atoms with E-state index >= 15 is 0 Å². The number of para-hydroxylation sites is 1. The summed E-state index contributed by atoms with van der Waals surface area (Å²) >= 11 is 0. The normalized spacial score (nSPS) is 12.1. The summed E-state index contributed by atoms with van der Waals surface area (Å²) in [7, 11) is 0. The maximum Gasteiger partial charge on any atom is 0.238 e. The second-order valence-corrected chi connectivity index (χ2v) is 6.95. The largest absolute Gasteiger partial charge is 0.324 e. The smallest absolute Gasteiger partial charge is 0.238 e. The van der Waals surface area contributed by atoms with Crippen LogP contribution in [0.3, 0.4) is 0 Å². The van der Waals surface area contributed by atoms with Crippen LogP contribution in [0.1, 0.15) is 30.7 Å². The number of fused-ring (bicyclic) bond motifs is 1. The molecule has 0 spiro atoms. The third kappa shape index (κ3) is 4.72. The van der Waals surface area contributed by atoms with E-state index in [1.165, 1.54) is 5.56 Å². The molecule has 4 nitrogen and oxygen atoms in total. The maximum absolute atomic E-state index is 12.6. The zero-order valence-corrected chi connectivity index (χ0v) is 16.3. The first kappa shape index (κ1) is 19.1. The fourth-order valence-corrected chi connectivity index (χ4v) is 3.35. The molecule has 0 unspecified atom stereocenters. The predicted molar refractivity (Wildman–Crippen MR) is 112 cm³/mol. The summed E-state index contributed by atoms with van der Waals surface area (Å²) in [6.45, 7) is 6.50. The number of benzene rings is 2. The van der Waals surface area contributed by atoms with Gasteiger partial charge in [-0.3, -0.25) is 9.78 Å². The van der Waals surface area contributed by atoms with Crippen LogP contribution in [-0.4, -0.2) is 23.5 Å². The minimum Gasteiger partial charge on any atom is -0.324 e. The summed E-state index contributed by atoms with van der Waals surface area (Å²) in [4.78, 5) is 17.3. The number of nitrogens with one attached hydrogen (secondary N) is 2. The number of carbonyl (C=O) groups is 1. The Kier molecular flexibility index (Phi) is 6.20. The van der Waals surface area contributed by atoms with E-state index < -0.39 is 0 Å². The van der Waals surface area contributed by atoms with Gasteiger partial charge in [-0.15, -0.1) is 0 Å². The number of aromatic nitrogens is 1. The first-order valence-corrected chi connectivity index (χ1v) is 9.53. The van der Waals surface area contributed by atoms with Gasteiger partial charge in [0, 0.05) is 17.1 Å². The van der Waals surface area contributed by atoms with Crippen molar-refractivity contribution in [1.29, 1.82) is 0 Å². The number of aryl methyl sites for hydroxylation is 1. The van der Waals surface area contributed by atoms with Crippen LogP contribution >= 0.6 is 0 Å². The number of carbonyl (C=O) groups excluding carboxylic acids is 1. The van der Waals surface area contributed by atoms with Crippen molar-refractivity contribution in [2.45, 2.75) is 39.7 Å². The van der Waals surface area contributed by atoms with Crippen molar-refractivity contribution >= 4 is 22.5 Å². The van der Waals surface area contributed by atoms with Crippen LogP contribution in [0.5, 0.6) is 0 Å². The van der Waals surface area contributed by atoms with Crippen molar-refractivity contribution in [2.75, 3.05) is 11.9 Å². The molecule has 0 saturated heterocycles. The third-order valence-corrected chi connectivity index (χ3v) is 4.83. The van der Waals surface area contributed by atoms with Gasteiger partial charge in [0.2, 0.25) is 5.91 Å². The van der Waals surface area contributed by atoms with Crippen LogP contribution in [0.4, 0.5) is 5.69 Å². The molecule has 2 aromatic carbocycles. The molecular weight excluding hydrogens is 334 g/mol. The first-order valence-electron chi connectivity index (χ1n) is 9.53. The second-order valence-electron chi connectivity index (χ2n) is 6.95. The molecule has 3 aromatic rings. The molecule has 27 heavy (non-hydrogen) atoms. The molecule has 4 heteroatoms. The Morgan fingerprint density at radius 1 is 1.07 bits per heavy atom. The van der Waals surface area contributed by atoms with Crippen molar-refractivity contribution < 1.29 is 4.79 Å². The summed E-state index contributed by atoms with van der Waals surface area (Å²) in [5.74, 6) is -0.0311. The van der Waals surface area contributed by atoms with E-state index in [1.807, 2.05) is 49.4 Å². The van der Waals surface area contributed by atoms with E-state index in [-0.39, 0.29) is 18.5 Å². The minimum absolute atomic E-state index is 0.0311. The molecule has 1 aromatic heterocycles. The Bertz CT molecular complexity index is 922.